The molecule has 0 spiro atoms. The van der Waals surface area contributed by atoms with E-state index in [4.69, 9.17) is 0 Å². The van der Waals surface area contributed by atoms with Crippen LogP contribution in [0.25, 0.3) is 5.78 Å². The second-order valence-corrected chi connectivity index (χ2v) is 5.53. The average Bonchev–Trinajstić information content (AvgIpc) is 2.71. The predicted molar refractivity (Wildman–Crippen MR) is 82.5 cm³/mol. The minimum Gasteiger partial charge on any atom is -0.366 e. The molecule has 2 aromatic heterocycles. The summed E-state index contributed by atoms with van der Waals surface area (Å²) in [5, 5.41) is 11.4. The highest BCUT2D eigenvalue weighted by Crippen LogP contribution is 2.23. The molecule has 2 rings (SSSR count). The molecule has 0 saturated heterocycles. The lowest BCUT2D eigenvalue weighted by atomic mass is 10.4. The third-order valence-electron chi connectivity index (χ3n) is 2.92. The SMILES string of the molecule is CCN(CC)CCNc1cn2c(Br)c(Br)nc2nn1. The van der Waals surface area contributed by atoms with Crippen LogP contribution in [0.2, 0.25) is 0 Å². The van der Waals surface area contributed by atoms with Gasteiger partial charge in [0, 0.05) is 13.1 Å². The molecule has 0 atom stereocenters. The lowest BCUT2D eigenvalue weighted by Crippen LogP contribution is -2.28. The van der Waals surface area contributed by atoms with Crippen molar-refractivity contribution in [3.05, 3.63) is 15.4 Å². The van der Waals surface area contributed by atoms with Crippen molar-refractivity contribution in [2.24, 2.45) is 0 Å². The highest BCUT2D eigenvalue weighted by atomic mass is 79.9. The van der Waals surface area contributed by atoms with E-state index in [9.17, 15) is 0 Å². The van der Waals surface area contributed by atoms with Crippen LogP contribution in [0.3, 0.4) is 0 Å². The van der Waals surface area contributed by atoms with Crippen LogP contribution in [0.15, 0.2) is 15.4 Å². The van der Waals surface area contributed by atoms with Crippen LogP contribution in [0, 0.1) is 0 Å². The lowest BCUT2D eigenvalue weighted by molar-refractivity contribution is 0.316. The quantitative estimate of drug-likeness (QED) is 0.819. The van der Waals surface area contributed by atoms with Crippen molar-refractivity contribution in [3.63, 3.8) is 0 Å². The van der Waals surface area contributed by atoms with Crippen LogP contribution >= 0.6 is 31.9 Å². The molecule has 0 amide bonds. The van der Waals surface area contributed by atoms with Gasteiger partial charge in [0.25, 0.3) is 5.78 Å². The van der Waals surface area contributed by atoms with Gasteiger partial charge in [-0.1, -0.05) is 13.8 Å². The maximum atomic E-state index is 4.21. The summed E-state index contributed by atoms with van der Waals surface area (Å²) in [6.45, 7) is 8.27. The Morgan fingerprint density at radius 3 is 2.68 bits per heavy atom. The standard InChI is InChI=1S/C11H16Br2N6/c1-3-18(4-2)6-5-14-8-7-19-10(13)9(12)15-11(19)17-16-8/h7,14H,3-6H2,1-2H3. The van der Waals surface area contributed by atoms with Crippen molar-refractivity contribution in [1.29, 1.82) is 0 Å². The fourth-order valence-corrected chi connectivity index (χ4v) is 2.47. The number of fused-ring (bicyclic) bond motifs is 1. The molecule has 19 heavy (non-hydrogen) atoms. The molecule has 6 nitrogen and oxygen atoms in total. The van der Waals surface area contributed by atoms with Gasteiger partial charge in [-0.2, -0.15) is 0 Å². The van der Waals surface area contributed by atoms with Crippen LogP contribution in [0.4, 0.5) is 5.82 Å². The predicted octanol–water partition coefficient (Wildman–Crippen LogP) is 2.40. The third-order valence-corrected chi connectivity index (χ3v) is 4.77. The molecule has 1 N–H and O–H groups in total. The van der Waals surface area contributed by atoms with Gasteiger partial charge in [0.15, 0.2) is 5.82 Å². The molecule has 0 fully saturated rings. The summed E-state index contributed by atoms with van der Waals surface area (Å²) < 4.78 is 3.41. The molecule has 0 radical (unpaired) electrons. The number of likely N-dealkylation sites (N-methyl/N-ethyl adjacent to an activating group) is 1. The number of nitrogens with zero attached hydrogens (tertiary/aromatic N) is 5. The summed E-state index contributed by atoms with van der Waals surface area (Å²) in [6.07, 6.45) is 1.88. The van der Waals surface area contributed by atoms with E-state index in [1.807, 2.05) is 10.6 Å². The zero-order valence-corrected chi connectivity index (χ0v) is 14.1. The average molecular weight is 392 g/mol. The van der Waals surface area contributed by atoms with Crippen molar-refractivity contribution in [1.82, 2.24) is 24.5 Å². The molecule has 0 aromatic carbocycles. The molecule has 0 aliphatic rings. The van der Waals surface area contributed by atoms with Crippen LogP contribution in [-0.4, -0.2) is 50.7 Å². The largest absolute Gasteiger partial charge is 0.366 e. The van der Waals surface area contributed by atoms with Crippen LogP contribution in [0.1, 0.15) is 13.8 Å². The Bertz CT molecular complexity index is 551. The number of imidazole rings is 1. The molecule has 8 heteroatoms. The summed E-state index contributed by atoms with van der Waals surface area (Å²) in [6, 6.07) is 0. The van der Waals surface area contributed by atoms with Crippen molar-refractivity contribution in [2.45, 2.75) is 13.8 Å². The summed E-state index contributed by atoms with van der Waals surface area (Å²) >= 11 is 6.80. The topological polar surface area (TPSA) is 58.4 Å². The molecule has 0 aliphatic carbocycles. The monoisotopic (exact) mass is 390 g/mol. The second kappa shape index (κ2) is 6.62. The summed E-state index contributed by atoms with van der Waals surface area (Å²) in [5.41, 5.74) is 0. The van der Waals surface area contributed by atoms with E-state index in [2.05, 4.69) is 71.1 Å². The van der Waals surface area contributed by atoms with Crippen LogP contribution in [-0.2, 0) is 0 Å². The normalized spacial score (nSPS) is 11.4. The number of rotatable bonds is 6. The molecule has 0 aliphatic heterocycles. The van der Waals surface area contributed by atoms with E-state index in [0.717, 1.165) is 41.2 Å². The zero-order valence-electron chi connectivity index (χ0n) is 10.9. The highest BCUT2D eigenvalue weighted by molar-refractivity contribution is 9.13. The van der Waals surface area contributed by atoms with Gasteiger partial charge < -0.3 is 10.2 Å². The fourth-order valence-electron chi connectivity index (χ4n) is 1.77. The summed E-state index contributed by atoms with van der Waals surface area (Å²) in [7, 11) is 0. The van der Waals surface area contributed by atoms with Gasteiger partial charge in [0.2, 0.25) is 0 Å². The first-order chi connectivity index (χ1) is 9.15. The first-order valence-electron chi connectivity index (χ1n) is 6.18. The Kier molecular flexibility index (Phi) is 5.12. The first-order valence-corrected chi connectivity index (χ1v) is 7.77. The van der Waals surface area contributed by atoms with E-state index in [0.29, 0.717) is 5.78 Å². The molecule has 2 heterocycles. The summed E-state index contributed by atoms with van der Waals surface area (Å²) in [4.78, 5) is 6.56. The molecular weight excluding hydrogens is 376 g/mol. The number of halogens is 2. The molecule has 104 valence electrons. The maximum Gasteiger partial charge on any atom is 0.255 e. The maximum absolute atomic E-state index is 4.21. The minimum absolute atomic E-state index is 0.563. The number of aromatic nitrogens is 4. The van der Waals surface area contributed by atoms with E-state index < -0.39 is 0 Å². The van der Waals surface area contributed by atoms with Crippen molar-refractivity contribution >= 4 is 43.5 Å². The van der Waals surface area contributed by atoms with Crippen LogP contribution < -0.4 is 5.32 Å². The summed E-state index contributed by atoms with van der Waals surface area (Å²) in [5.74, 6) is 1.30. The molecular formula is C11H16Br2N6. The molecule has 0 unspecified atom stereocenters. The van der Waals surface area contributed by atoms with E-state index in [1.165, 1.54) is 0 Å². The Morgan fingerprint density at radius 2 is 2.00 bits per heavy atom. The smallest absolute Gasteiger partial charge is 0.255 e. The van der Waals surface area contributed by atoms with E-state index >= 15 is 0 Å². The zero-order chi connectivity index (χ0) is 13.8. The first kappa shape index (κ1) is 14.7. The van der Waals surface area contributed by atoms with Crippen LogP contribution in [0.5, 0.6) is 0 Å². The lowest BCUT2D eigenvalue weighted by Gasteiger charge is -2.17. The molecule has 2 aromatic rings. The minimum atomic E-state index is 0.563. The van der Waals surface area contributed by atoms with E-state index in [-0.39, 0.29) is 0 Å². The van der Waals surface area contributed by atoms with Gasteiger partial charge >= 0.3 is 0 Å². The van der Waals surface area contributed by atoms with E-state index in [1.54, 1.807) is 0 Å². The molecule has 0 saturated carbocycles. The number of anilines is 1. The van der Waals surface area contributed by atoms with Gasteiger partial charge in [0.1, 0.15) is 9.21 Å². The van der Waals surface area contributed by atoms with Gasteiger partial charge in [-0.25, -0.2) is 4.98 Å². The van der Waals surface area contributed by atoms with Crippen molar-refractivity contribution < 1.29 is 0 Å². The number of hydrogen-bond donors (Lipinski definition) is 1. The van der Waals surface area contributed by atoms with Gasteiger partial charge in [-0.3, -0.25) is 4.40 Å². The number of nitrogens with one attached hydrogen (secondary N) is 1. The Labute approximate surface area is 128 Å². The van der Waals surface area contributed by atoms with Crippen molar-refractivity contribution in [2.75, 3.05) is 31.5 Å². The van der Waals surface area contributed by atoms with Gasteiger partial charge in [-0.15, -0.1) is 10.2 Å². The Morgan fingerprint density at radius 1 is 1.26 bits per heavy atom. The Balaban J connectivity index is 2.03. The van der Waals surface area contributed by atoms with Gasteiger partial charge in [-0.05, 0) is 44.9 Å². The highest BCUT2D eigenvalue weighted by Gasteiger charge is 2.09. The Hall–Kier alpha value is -0.730. The fraction of sp³-hybridized carbons (Fsp3) is 0.545. The number of hydrogen-bond acceptors (Lipinski definition) is 5. The van der Waals surface area contributed by atoms with Crippen molar-refractivity contribution in [3.8, 4) is 0 Å². The second-order valence-electron chi connectivity index (χ2n) is 4.03. The third kappa shape index (κ3) is 3.43. The molecule has 0 bridgehead atoms. The van der Waals surface area contributed by atoms with Gasteiger partial charge in [0.05, 0.1) is 6.20 Å².